The summed E-state index contributed by atoms with van der Waals surface area (Å²) in [4.78, 5) is -0.118. The standard InChI is InChI=1S/C22H35F3N2O3S/c1-3-4-5-15-26-16-6-17-30-20-11-9-19(10-12-20)27(2)31(28,29)21-13-7-18(8-14-21)22(23,24)25/h7-8,13-14,19-20,26H,3-6,9-12,15-17H2,1-2H3. The van der Waals surface area contributed by atoms with E-state index in [0.29, 0.717) is 19.4 Å². The highest BCUT2D eigenvalue weighted by Gasteiger charge is 2.34. The number of unbranched alkanes of at least 4 members (excludes halogenated alkanes) is 2. The van der Waals surface area contributed by atoms with Gasteiger partial charge in [-0.25, -0.2) is 8.42 Å². The highest BCUT2D eigenvalue weighted by Crippen LogP contribution is 2.32. The average molecular weight is 465 g/mol. The molecule has 0 bridgehead atoms. The van der Waals surface area contributed by atoms with E-state index in [2.05, 4.69) is 12.2 Å². The van der Waals surface area contributed by atoms with E-state index < -0.39 is 21.8 Å². The number of hydrogen-bond donors (Lipinski definition) is 1. The molecule has 1 aliphatic carbocycles. The third kappa shape index (κ3) is 8.04. The average Bonchev–Trinajstić information content (AvgIpc) is 2.75. The molecule has 0 radical (unpaired) electrons. The van der Waals surface area contributed by atoms with E-state index in [0.717, 1.165) is 56.6 Å². The minimum atomic E-state index is -4.49. The number of nitrogens with zero attached hydrogens (tertiary/aromatic N) is 1. The van der Waals surface area contributed by atoms with Crippen LogP contribution in [-0.4, -0.2) is 51.6 Å². The first-order chi connectivity index (χ1) is 14.7. The van der Waals surface area contributed by atoms with Gasteiger partial charge in [-0.1, -0.05) is 19.8 Å². The number of halogens is 3. The zero-order valence-corrected chi connectivity index (χ0v) is 19.3. The molecule has 0 unspecified atom stereocenters. The summed E-state index contributed by atoms with van der Waals surface area (Å²) in [6, 6.07) is 3.50. The van der Waals surface area contributed by atoms with Gasteiger partial charge < -0.3 is 10.1 Å². The summed E-state index contributed by atoms with van der Waals surface area (Å²) >= 11 is 0. The fraction of sp³-hybridized carbons (Fsp3) is 0.727. The fourth-order valence-electron chi connectivity index (χ4n) is 3.83. The summed E-state index contributed by atoms with van der Waals surface area (Å²) < 4.78 is 71.0. The highest BCUT2D eigenvalue weighted by atomic mass is 32.2. The molecule has 1 aromatic rings. The second-order valence-corrected chi connectivity index (χ2v) is 10.2. The van der Waals surface area contributed by atoms with Crippen LogP contribution in [0.4, 0.5) is 13.2 Å². The molecule has 31 heavy (non-hydrogen) atoms. The van der Waals surface area contributed by atoms with Gasteiger partial charge in [0, 0.05) is 19.7 Å². The number of sulfonamides is 1. The smallest absolute Gasteiger partial charge is 0.378 e. The van der Waals surface area contributed by atoms with Crippen molar-refractivity contribution in [2.75, 3.05) is 26.7 Å². The van der Waals surface area contributed by atoms with Gasteiger partial charge in [-0.2, -0.15) is 17.5 Å². The van der Waals surface area contributed by atoms with E-state index in [1.807, 2.05) is 0 Å². The molecule has 1 fully saturated rings. The first-order valence-corrected chi connectivity index (χ1v) is 12.6. The first-order valence-electron chi connectivity index (χ1n) is 11.1. The minimum absolute atomic E-state index is 0.118. The number of rotatable bonds is 12. The van der Waals surface area contributed by atoms with E-state index in [1.165, 1.54) is 30.6 Å². The number of ether oxygens (including phenoxy) is 1. The maximum atomic E-state index is 12.8. The van der Waals surface area contributed by atoms with Crippen LogP contribution >= 0.6 is 0 Å². The lowest BCUT2D eigenvalue weighted by molar-refractivity contribution is -0.137. The van der Waals surface area contributed by atoms with Gasteiger partial charge in [-0.3, -0.25) is 0 Å². The van der Waals surface area contributed by atoms with Crippen molar-refractivity contribution in [2.45, 2.75) is 81.5 Å². The highest BCUT2D eigenvalue weighted by molar-refractivity contribution is 7.89. The van der Waals surface area contributed by atoms with Gasteiger partial charge in [0.1, 0.15) is 0 Å². The molecule has 1 N–H and O–H groups in total. The molecule has 1 aromatic carbocycles. The molecule has 0 atom stereocenters. The Morgan fingerprint density at radius 3 is 2.23 bits per heavy atom. The van der Waals surface area contributed by atoms with Crippen LogP contribution in [-0.2, 0) is 20.9 Å². The van der Waals surface area contributed by atoms with E-state index in [1.54, 1.807) is 0 Å². The molecule has 1 saturated carbocycles. The second-order valence-electron chi connectivity index (χ2n) is 8.16. The van der Waals surface area contributed by atoms with Crippen molar-refractivity contribution in [2.24, 2.45) is 0 Å². The Balaban J connectivity index is 1.75. The molecule has 2 rings (SSSR count). The lowest BCUT2D eigenvalue weighted by atomic mass is 9.93. The van der Waals surface area contributed by atoms with Crippen LogP contribution in [0.5, 0.6) is 0 Å². The van der Waals surface area contributed by atoms with Crippen molar-refractivity contribution >= 4 is 10.0 Å². The number of nitrogens with one attached hydrogen (secondary N) is 1. The van der Waals surface area contributed by atoms with Crippen molar-refractivity contribution in [3.8, 4) is 0 Å². The van der Waals surface area contributed by atoms with Gasteiger partial charge in [0.25, 0.3) is 0 Å². The Kier molecular flexibility index (Phi) is 10.3. The zero-order chi connectivity index (χ0) is 22.9. The summed E-state index contributed by atoms with van der Waals surface area (Å²) in [6.07, 6.45) is 3.18. The van der Waals surface area contributed by atoms with Gasteiger partial charge in [0.05, 0.1) is 16.6 Å². The maximum Gasteiger partial charge on any atom is 0.416 e. The Hall–Kier alpha value is -1.16. The van der Waals surface area contributed by atoms with E-state index in [9.17, 15) is 21.6 Å². The summed E-state index contributed by atoms with van der Waals surface area (Å²) in [6.45, 7) is 4.85. The lowest BCUT2D eigenvalue weighted by Crippen LogP contribution is -2.40. The van der Waals surface area contributed by atoms with Crippen LogP contribution in [0.3, 0.4) is 0 Å². The number of benzene rings is 1. The molecule has 5 nitrogen and oxygen atoms in total. The normalized spacial score (nSPS) is 20.3. The molecular formula is C22H35F3N2O3S. The Bertz CT molecular complexity index is 746. The van der Waals surface area contributed by atoms with Crippen molar-refractivity contribution in [3.63, 3.8) is 0 Å². The predicted octanol–water partition coefficient (Wildman–Crippen LogP) is 4.82. The van der Waals surface area contributed by atoms with Gasteiger partial charge >= 0.3 is 6.18 Å². The number of hydrogen-bond acceptors (Lipinski definition) is 4. The third-order valence-corrected chi connectivity index (χ3v) is 7.75. The van der Waals surface area contributed by atoms with Crippen molar-refractivity contribution in [1.82, 2.24) is 9.62 Å². The third-order valence-electron chi connectivity index (χ3n) is 5.83. The van der Waals surface area contributed by atoms with E-state index >= 15 is 0 Å². The molecule has 0 spiro atoms. The molecule has 1 aliphatic rings. The monoisotopic (exact) mass is 464 g/mol. The van der Waals surface area contributed by atoms with Crippen molar-refractivity contribution < 1.29 is 26.3 Å². The molecule has 0 heterocycles. The van der Waals surface area contributed by atoms with Crippen LogP contribution in [0, 0.1) is 0 Å². The first kappa shape index (κ1) is 26.1. The second kappa shape index (κ2) is 12.2. The quantitative estimate of drug-likeness (QED) is 0.451. The number of alkyl halides is 3. The molecule has 178 valence electrons. The van der Waals surface area contributed by atoms with Crippen LogP contribution in [0.1, 0.15) is 63.9 Å². The Labute approximate surface area is 184 Å². The van der Waals surface area contributed by atoms with Crippen LogP contribution < -0.4 is 5.32 Å². The largest absolute Gasteiger partial charge is 0.416 e. The van der Waals surface area contributed by atoms with Crippen LogP contribution in [0.2, 0.25) is 0 Å². The molecule has 0 saturated heterocycles. The zero-order valence-electron chi connectivity index (χ0n) is 18.5. The lowest BCUT2D eigenvalue weighted by Gasteiger charge is -2.34. The molecular weight excluding hydrogens is 429 g/mol. The summed E-state index contributed by atoms with van der Waals surface area (Å²) in [5, 5.41) is 3.41. The van der Waals surface area contributed by atoms with Crippen LogP contribution in [0.15, 0.2) is 29.2 Å². The minimum Gasteiger partial charge on any atom is -0.378 e. The van der Waals surface area contributed by atoms with Crippen LogP contribution in [0.25, 0.3) is 0 Å². The van der Waals surface area contributed by atoms with Gasteiger partial charge in [-0.05, 0) is 75.9 Å². The van der Waals surface area contributed by atoms with Gasteiger partial charge in [0.2, 0.25) is 10.0 Å². The molecule has 9 heteroatoms. The molecule has 0 aromatic heterocycles. The molecule has 0 amide bonds. The van der Waals surface area contributed by atoms with E-state index in [4.69, 9.17) is 4.74 Å². The Morgan fingerprint density at radius 1 is 1.03 bits per heavy atom. The summed E-state index contributed by atoms with van der Waals surface area (Å²) in [5.41, 5.74) is -0.858. The van der Waals surface area contributed by atoms with Crippen molar-refractivity contribution in [3.05, 3.63) is 29.8 Å². The summed E-state index contributed by atoms with van der Waals surface area (Å²) in [7, 11) is -2.33. The molecule has 0 aliphatic heterocycles. The topological polar surface area (TPSA) is 58.6 Å². The van der Waals surface area contributed by atoms with Crippen molar-refractivity contribution in [1.29, 1.82) is 0 Å². The predicted molar refractivity (Wildman–Crippen MR) is 115 cm³/mol. The maximum absolute atomic E-state index is 12.8. The SMILES string of the molecule is CCCCCNCCCOC1CCC(N(C)S(=O)(=O)c2ccc(C(F)(F)F)cc2)CC1. The van der Waals surface area contributed by atoms with E-state index in [-0.39, 0.29) is 17.0 Å². The Morgan fingerprint density at radius 2 is 1.65 bits per heavy atom. The summed E-state index contributed by atoms with van der Waals surface area (Å²) in [5.74, 6) is 0. The fourth-order valence-corrected chi connectivity index (χ4v) is 5.24. The van der Waals surface area contributed by atoms with Gasteiger partial charge in [-0.15, -0.1) is 0 Å². The van der Waals surface area contributed by atoms with Gasteiger partial charge in [0.15, 0.2) is 0 Å².